The van der Waals surface area contributed by atoms with Crippen LogP contribution in [0.2, 0.25) is 0 Å². The van der Waals surface area contributed by atoms with E-state index < -0.39 is 17.9 Å². The monoisotopic (exact) mass is 764 g/mol. The average Bonchev–Trinajstić information content (AvgIpc) is 3.52. The molecule has 9 heteroatoms. The van der Waals surface area contributed by atoms with Gasteiger partial charge in [0, 0.05) is 54.7 Å². The molecule has 55 heavy (non-hydrogen) atoms. The van der Waals surface area contributed by atoms with Crippen LogP contribution in [0, 0.1) is 23.2 Å². The summed E-state index contributed by atoms with van der Waals surface area (Å²) in [6, 6.07) is 7.12. The number of fused-ring (bicyclic) bond motifs is 1. The summed E-state index contributed by atoms with van der Waals surface area (Å²) in [5.74, 6) is -1.27. The summed E-state index contributed by atoms with van der Waals surface area (Å²) in [6.07, 6.45) is 21.4. The Morgan fingerprint density at radius 3 is 2.00 bits per heavy atom. The highest BCUT2D eigenvalue weighted by molar-refractivity contribution is 5.94. The molecule has 0 spiro atoms. The number of aliphatic imine (C=N–C) groups is 1. The van der Waals surface area contributed by atoms with Gasteiger partial charge in [-0.05, 0) is 68.4 Å². The first-order valence-electron chi connectivity index (χ1n) is 21.7. The third-order valence-electron chi connectivity index (χ3n) is 10.9. The van der Waals surface area contributed by atoms with E-state index >= 15 is 0 Å². The van der Waals surface area contributed by atoms with Crippen molar-refractivity contribution >= 4 is 40.1 Å². The Hall–Kier alpha value is -3.49. The molecule has 2 aromatic rings. The molecule has 310 valence electrons. The predicted molar refractivity (Wildman–Crippen MR) is 229 cm³/mol. The summed E-state index contributed by atoms with van der Waals surface area (Å²) in [7, 11) is 0. The van der Waals surface area contributed by atoms with Crippen LogP contribution in [-0.2, 0) is 25.6 Å². The van der Waals surface area contributed by atoms with Gasteiger partial charge in [-0.15, -0.1) is 0 Å². The smallest absolute Gasteiger partial charge is 0.224 e. The van der Waals surface area contributed by atoms with Gasteiger partial charge in [-0.25, -0.2) is 0 Å². The van der Waals surface area contributed by atoms with Crippen LogP contribution in [0.25, 0.3) is 10.9 Å². The molecule has 0 bridgehead atoms. The highest BCUT2D eigenvalue weighted by Crippen LogP contribution is 2.30. The molecule has 1 aromatic heterocycles. The van der Waals surface area contributed by atoms with Gasteiger partial charge in [0.15, 0.2) is 11.7 Å². The molecule has 1 aromatic carbocycles. The molecule has 0 aliphatic heterocycles. The minimum Gasteiger partial charge on any atom is -0.370 e. The fourth-order valence-electron chi connectivity index (χ4n) is 8.04. The van der Waals surface area contributed by atoms with Crippen LogP contribution in [0.15, 0.2) is 35.5 Å². The van der Waals surface area contributed by atoms with Crippen molar-refractivity contribution in [3.8, 4) is 0 Å². The number of carbonyl (C=O) groups is 4. The number of hydrogen-bond acceptors (Lipinski definition) is 5. The molecule has 0 saturated heterocycles. The van der Waals surface area contributed by atoms with Crippen LogP contribution in [0.1, 0.15) is 176 Å². The second kappa shape index (κ2) is 26.4. The van der Waals surface area contributed by atoms with Crippen LogP contribution in [0.4, 0.5) is 0 Å². The number of aromatic amines is 1. The lowest BCUT2D eigenvalue weighted by Crippen LogP contribution is -2.45. The normalized spacial score (nSPS) is 13.9. The van der Waals surface area contributed by atoms with Crippen LogP contribution in [-0.4, -0.2) is 46.8 Å². The van der Waals surface area contributed by atoms with Gasteiger partial charge < -0.3 is 21.8 Å². The Bertz CT molecular complexity index is 1450. The number of Topliss-reactive ketones (excluding diaryl/α,β-unsaturated/α-hetero) is 3. The molecule has 0 radical (unpaired) electrons. The van der Waals surface area contributed by atoms with Crippen LogP contribution >= 0.6 is 0 Å². The Labute approximate surface area is 333 Å². The number of guanidine groups is 1. The summed E-state index contributed by atoms with van der Waals surface area (Å²) < 4.78 is 0. The number of nitrogens with zero attached hydrogens (tertiary/aromatic N) is 1. The van der Waals surface area contributed by atoms with E-state index in [1.165, 1.54) is 64.2 Å². The quantitative estimate of drug-likeness (QED) is 0.0340. The number of ketones is 3. The number of hydrogen-bond donors (Lipinski definition) is 4. The largest absolute Gasteiger partial charge is 0.370 e. The molecule has 1 amide bonds. The van der Waals surface area contributed by atoms with Gasteiger partial charge in [0.25, 0.3) is 0 Å². The van der Waals surface area contributed by atoms with Gasteiger partial charge >= 0.3 is 0 Å². The maximum absolute atomic E-state index is 14.2. The van der Waals surface area contributed by atoms with Crippen LogP contribution < -0.4 is 16.8 Å². The summed E-state index contributed by atoms with van der Waals surface area (Å²) in [5.41, 5.74) is 13.1. The highest BCUT2D eigenvalue weighted by Gasteiger charge is 2.31. The molecule has 2 unspecified atom stereocenters. The van der Waals surface area contributed by atoms with Gasteiger partial charge in [-0.1, -0.05) is 130 Å². The SMILES string of the molecule is CCCCCCCCCCCCCCCC(=O)C[C@H](Cc1c[nH]c2ccccc12)C(=O)N[C@@H](CCCN=C(N)N)C(=O)CC(CC(C)CC(C)(C)C)C(C)=O. The Morgan fingerprint density at radius 2 is 1.42 bits per heavy atom. The van der Waals surface area contributed by atoms with Gasteiger partial charge in [-0.3, -0.25) is 24.2 Å². The van der Waals surface area contributed by atoms with Crippen molar-refractivity contribution in [3.63, 3.8) is 0 Å². The number of benzene rings is 1. The third-order valence-corrected chi connectivity index (χ3v) is 10.9. The molecule has 6 N–H and O–H groups in total. The molecule has 2 rings (SSSR count). The van der Waals surface area contributed by atoms with Crippen LogP contribution in [0.3, 0.4) is 0 Å². The average molecular weight is 764 g/mol. The first-order chi connectivity index (χ1) is 26.2. The number of amides is 1. The predicted octanol–water partition coefficient (Wildman–Crippen LogP) is 9.93. The molecule has 0 fully saturated rings. The Balaban J connectivity index is 2.09. The van der Waals surface area contributed by atoms with Crippen molar-refractivity contribution < 1.29 is 19.2 Å². The molecule has 9 nitrogen and oxygen atoms in total. The number of nitrogens with two attached hydrogens (primary N) is 2. The topological polar surface area (TPSA) is 160 Å². The second-order valence-corrected chi connectivity index (χ2v) is 17.6. The molecular formula is C46H77N5O4. The summed E-state index contributed by atoms with van der Waals surface area (Å²) in [6.45, 7) is 12.8. The Kier molecular flexibility index (Phi) is 22.9. The van der Waals surface area contributed by atoms with Gasteiger partial charge in [0.05, 0.1) is 6.04 Å². The van der Waals surface area contributed by atoms with Crippen LogP contribution in [0.5, 0.6) is 0 Å². The van der Waals surface area contributed by atoms with E-state index in [0.717, 1.165) is 42.1 Å². The zero-order valence-corrected chi connectivity index (χ0v) is 35.5. The maximum atomic E-state index is 14.2. The lowest BCUT2D eigenvalue weighted by Gasteiger charge is -2.27. The molecular weight excluding hydrogens is 687 g/mol. The van der Waals surface area contributed by atoms with Crippen molar-refractivity contribution in [2.75, 3.05) is 6.54 Å². The highest BCUT2D eigenvalue weighted by atomic mass is 16.2. The lowest BCUT2D eigenvalue weighted by atomic mass is 9.79. The standard InChI is InChI=1S/C46H77N5O4/c1-7-8-9-10-11-12-13-14-15-16-17-18-19-23-39(53)30-37(29-38-33-50-41-25-21-20-24-40(38)41)44(55)51-42(26-22-27-49-45(47)48)43(54)31-36(35(3)52)28-34(2)32-46(4,5)6/h20-21,24-25,33-34,36-37,42,50H,7-19,22-23,26-32H2,1-6H3,(H,51,55)(H4,47,48,49)/t34?,36?,37-,42-/m0/s1. The van der Waals surface area contributed by atoms with E-state index in [4.69, 9.17) is 11.5 Å². The summed E-state index contributed by atoms with van der Waals surface area (Å²) >= 11 is 0. The number of aromatic nitrogens is 1. The lowest BCUT2D eigenvalue weighted by molar-refractivity contribution is -0.133. The number of carbonyl (C=O) groups excluding carboxylic acids is 4. The van der Waals surface area contributed by atoms with E-state index in [0.29, 0.717) is 38.6 Å². The van der Waals surface area contributed by atoms with Gasteiger partial charge in [-0.2, -0.15) is 0 Å². The van der Waals surface area contributed by atoms with E-state index in [9.17, 15) is 19.2 Å². The molecule has 4 atom stereocenters. The van der Waals surface area contributed by atoms with Crippen molar-refractivity contribution in [2.45, 2.75) is 182 Å². The zero-order chi connectivity index (χ0) is 40.6. The first-order valence-corrected chi connectivity index (χ1v) is 21.7. The fourth-order valence-corrected chi connectivity index (χ4v) is 8.04. The number of para-hydroxylation sites is 1. The summed E-state index contributed by atoms with van der Waals surface area (Å²) in [5, 5.41) is 4.07. The molecule has 0 aliphatic carbocycles. The maximum Gasteiger partial charge on any atom is 0.224 e. The number of unbranched alkanes of at least 4 members (excludes halogenated alkanes) is 12. The number of H-pyrrole nitrogens is 1. The van der Waals surface area contributed by atoms with Crippen molar-refractivity contribution in [2.24, 2.45) is 39.6 Å². The molecule has 0 saturated carbocycles. The first kappa shape index (κ1) is 47.7. The Morgan fingerprint density at radius 1 is 0.818 bits per heavy atom. The third kappa shape index (κ3) is 20.8. The van der Waals surface area contributed by atoms with Crippen molar-refractivity contribution in [3.05, 3.63) is 36.0 Å². The molecule has 0 aliphatic rings. The fraction of sp³-hybridized carbons (Fsp3) is 0.717. The van der Waals surface area contributed by atoms with E-state index in [1.54, 1.807) is 6.92 Å². The van der Waals surface area contributed by atoms with E-state index in [1.807, 2.05) is 30.5 Å². The number of rotatable bonds is 31. The van der Waals surface area contributed by atoms with Gasteiger partial charge in [0.2, 0.25) is 5.91 Å². The number of nitrogens with one attached hydrogen (secondary N) is 2. The zero-order valence-electron chi connectivity index (χ0n) is 35.5. The van der Waals surface area contributed by atoms with Crippen molar-refractivity contribution in [1.29, 1.82) is 0 Å². The van der Waals surface area contributed by atoms with Crippen molar-refractivity contribution in [1.82, 2.24) is 10.3 Å². The second-order valence-electron chi connectivity index (χ2n) is 17.6. The van der Waals surface area contributed by atoms with E-state index in [-0.39, 0.29) is 53.4 Å². The minimum absolute atomic E-state index is 0.0179. The molecule has 1 heterocycles. The van der Waals surface area contributed by atoms with E-state index in [2.05, 4.69) is 49.9 Å². The van der Waals surface area contributed by atoms with Gasteiger partial charge in [0.1, 0.15) is 11.6 Å². The minimum atomic E-state index is -0.817. The summed E-state index contributed by atoms with van der Waals surface area (Å²) in [4.78, 5) is 61.7.